The molecule has 0 amide bonds. The Labute approximate surface area is 99.3 Å². The molecular weight excluding hydrogens is 256 g/mol. The number of halogens is 3. The molecule has 0 fully saturated rings. The Hall–Kier alpha value is -1.54. The molecule has 0 radical (unpaired) electrons. The van der Waals surface area contributed by atoms with Gasteiger partial charge in [0.25, 0.3) is 11.7 Å². The van der Waals surface area contributed by atoms with Crippen LogP contribution in [0.15, 0.2) is 12.4 Å². The van der Waals surface area contributed by atoms with Crippen molar-refractivity contribution in [1.29, 1.82) is 0 Å². The van der Waals surface area contributed by atoms with Crippen LogP contribution in [-0.4, -0.2) is 43.8 Å². The molecule has 92 valence electrons. The highest BCUT2D eigenvalue weighted by Gasteiger charge is 2.27. The van der Waals surface area contributed by atoms with Crippen LogP contribution >= 0.6 is 11.6 Å². The van der Waals surface area contributed by atoms with Gasteiger partial charge in [0, 0.05) is 6.07 Å². The van der Waals surface area contributed by atoms with E-state index in [0.717, 1.165) is 0 Å². The Balaban J connectivity index is 2.26. The summed E-state index contributed by atoms with van der Waals surface area (Å²) >= 11 is 5.70. The van der Waals surface area contributed by atoms with E-state index >= 15 is 0 Å². The summed E-state index contributed by atoms with van der Waals surface area (Å²) in [7, 11) is 0. The van der Waals surface area contributed by atoms with E-state index < -0.39 is 19.1 Å². The average molecular weight is 264 g/mol. The molecule has 6 nitrogen and oxygen atoms in total. The van der Waals surface area contributed by atoms with Crippen LogP contribution in [0.25, 0.3) is 5.78 Å². The molecule has 0 spiro atoms. The number of nitrogens with zero attached hydrogens (tertiary/aromatic N) is 4. The predicted molar refractivity (Wildman–Crippen MR) is 56.3 cm³/mol. The highest BCUT2D eigenvalue weighted by Crippen LogP contribution is 2.17. The summed E-state index contributed by atoms with van der Waals surface area (Å²) in [5.41, 5.74) is 0. The molecule has 0 aliphatic carbocycles. The lowest BCUT2D eigenvalue weighted by Crippen LogP contribution is -2.31. The quantitative estimate of drug-likeness (QED) is 0.799. The first kappa shape index (κ1) is 11.9. The van der Waals surface area contributed by atoms with Crippen LogP contribution in [0.5, 0.6) is 0 Å². The van der Waals surface area contributed by atoms with E-state index in [1.165, 1.54) is 16.9 Å². The van der Waals surface area contributed by atoms with Gasteiger partial charge in [-0.15, -0.1) is 0 Å². The van der Waals surface area contributed by atoms with E-state index in [9.17, 15) is 8.78 Å². The summed E-state index contributed by atoms with van der Waals surface area (Å²) in [5, 5.41) is 14.8. The van der Waals surface area contributed by atoms with Crippen molar-refractivity contribution >= 4 is 23.2 Å². The van der Waals surface area contributed by atoms with Crippen LogP contribution in [-0.2, 0) is 0 Å². The van der Waals surface area contributed by atoms with Crippen LogP contribution in [0, 0.1) is 0 Å². The van der Waals surface area contributed by atoms with Crippen molar-refractivity contribution in [2.75, 3.05) is 18.5 Å². The largest absolute Gasteiger partial charge is 0.390 e. The predicted octanol–water partition coefficient (Wildman–Crippen LogP) is 0.817. The molecule has 2 rings (SSSR count). The molecule has 0 bridgehead atoms. The summed E-state index contributed by atoms with van der Waals surface area (Å²) in [6.45, 7) is -1.97. The monoisotopic (exact) mass is 263 g/mol. The third-order valence-electron chi connectivity index (χ3n) is 1.98. The minimum atomic E-state index is -3.22. The van der Waals surface area contributed by atoms with Gasteiger partial charge in [0.15, 0.2) is 0 Å². The third kappa shape index (κ3) is 2.59. The molecule has 17 heavy (non-hydrogen) atoms. The number of aliphatic hydroxyl groups is 1. The first-order valence-corrected chi connectivity index (χ1v) is 4.98. The maximum Gasteiger partial charge on any atom is 0.287 e. The summed E-state index contributed by atoms with van der Waals surface area (Å²) < 4.78 is 27.0. The second-order valence-corrected chi connectivity index (χ2v) is 3.69. The van der Waals surface area contributed by atoms with Crippen LogP contribution < -0.4 is 5.32 Å². The highest BCUT2D eigenvalue weighted by molar-refractivity contribution is 6.29. The van der Waals surface area contributed by atoms with E-state index in [0.29, 0.717) is 0 Å². The van der Waals surface area contributed by atoms with Crippen LogP contribution in [0.1, 0.15) is 0 Å². The lowest BCUT2D eigenvalue weighted by atomic mass is 10.3. The molecular formula is C8H8ClF2N5O. The number of fused-ring (bicyclic) bond motifs is 1. The second-order valence-electron chi connectivity index (χ2n) is 3.30. The van der Waals surface area contributed by atoms with Gasteiger partial charge in [-0.25, -0.2) is 8.78 Å². The molecule has 2 aromatic rings. The van der Waals surface area contributed by atoms with Crippen LogP contribution in [0.2, 0.25) is 5.15 Å². The van der Waals surface area contributed by atoms with Gasteiger partial charge < -0.3 is 10.4 Å². The number of aromatic nitrogens is 4. The normalized spacial score (nSPS) is 12.0. The van der Waals surface area contributed by atoms with E-state index in [4.69, 9.17) is 16.7 Å². The van der Waals surface area contributed by atoms with Gasteiger partial charge in [-0.3, -0.25) is 0 Å². The maximum absolute atomic E-state index is 12.9. The fraction of sp³-hybridized carbons (Fsp3) is 0.375. The number of rotatable bonds is 4. The zero-order chi connectivity index (χ0) is 12.5. The van der Waals surface area contributed by atoms with Gasteiger partial charge in [-0.2, -0.15) is 19.6 Å². The number of nitrogens with one attached hydrogen (secondary N) is 1. The van der Waals surface area contributed by atoms with Gasteiger partial charge in [0.05, 0.1) is 6.54 Å². The van der Waals surface area contributed by atoms with Crippen molar-refractivity contribution in [2.24, 2.45) is 0 Å². The van der Waals surface area contributed by atoms with E-state index in [1.807, 2.05) is 0 Å². The Bertz CT molecular complexity index is 532. The van der Waals surface area contributed by atoms with Crippen LogP contribution in [0.4, 0.5) is 14.6 Å². The maximum atomic E-state index is 12.9. The third-order valence-corrected chi connectivity index (χ3v) is 2.17. The van der Waals surface area contributed by atoms with Crippen molar-refractivity contribution < 1.29 is 13.9 Å². The molecule has 0 aliphatic rings. The second kappa shape index (κ2) is 4.38. The van der Waals surface area contributed by atoms with Crippen molar-refractivity contribution in [3.05, 3.63) is 17.5 Å². The van der Waals surface area contributed by atoms with E-state index in [2.05, 4.69) is 20.4 Å². The van der Waals surface area contributed by atoms with Gasteiger partial charge in [-0.05, 0) is 0 Å². The minimum absolute atomic E-state index is 0.111. The van der Waals surface area contributed by atoms with Crippen molar-refractivity contribution in [1.82, 2.24) is 19.6 Å². The molecule has 2 heterocycles. The number of hydrogen-bond acceptors (Lipinski definition) is 5. The van der Waals surface area contributed by atoms with E-state index in [-0.39, 0.29) is 16.7 Å². The standard InChI is InChI=1S/C8H8ClF2N5O/c9-5-1-6(12-2-8(10,11)3-17)16-7(15-5)13-4-14-16/h1,4,12,17H,2-3H2. The van der Waals surface area contributed by atoms with E-state index in [1.54, 1.807) is 0 Å². The fourth-order valence-corrected chi connectivity index (χ4v) is 1.36. The number of anilines is 1. The molecule has 0 aliphatic heterocycles. The topological polar surface area (TPSA) is 75.3 Å². The molecule has 0 atom stereocenters. The Morgan fingerprint density at radius 1 is 1.53 bits per heavy atom. The van der Waals surface area contributed by atoms with Gasteiger partial charge in [0.1, 0.15) is 23.9 Å². The Morgan fingerprint density at radius 2 is 2.29 bits per heavy atom. The molecule has 9 heteroatoms. The molecule has 0 unspecified atom stereocenters. The number of alkyl halides is 2. The summed E-state index contributed by atoms with van der Waals surface area (Å²) in [6, 6.07) is 1.34. The SMILES string of the molecule is OCC(F)(F)CNc1cc(Cl)nc2ncnn12. The summed E-state index contributed by atoms with van der Waals surface area (Å²) in [4.78, 5) is 7.62. The zero-order valence-corrected chi connectivity index (χ0v) is 9.19. The van der Waals surface area contributed by atoms with Crippen molar-refractivity contribution in [3.63, 3.8) is 0 Å². The smallest absolute Gasteiger partial charge is 0.287 e. The Kier molecular flexibility index (Phi) is 3.07. The highest BCUT2D eigenvalue weighted by atomic mass is 35.5. The lowest BCUT2D eigenvalue weighted by Gasteiger charge is -2.15. The molecule has 0 saturated carbocycles. The molecule has 2 aromatic heterocycles. The molecule has 0 saturated heterocycles. The first-order chi connectivity index (χ1) is 8.02. The lowest BCUT2D eigenvalue weighted by molar-refractivity contribution is -0.0373. The van der Waals surface area contributed by atoms with Crippen LogP contribution in [0.3, 0.4) is 0 Å². The summed E-state index contributed by atoms with van der Waals surface area (Å²) in [5.74, 6) is -2.79. The van der Waals surface area contributed by atoms with Gasteiger partial charge in [-0.1, -0.05) is 11.6 Å². The Morgan fingerprint density at radius 3 is 3.00 bits per heavy atom. The van der Waals surface area contributed by atoms with Gasteiger partial charge in [0.2, 0.25) is 0 Å². The van der Waals surface area contributed by atoms with Gasteiger partial charge >= 0.3 is 0 Å². The van der Waals surface area contributed by atoms with Crippen molar-refractivity contribution in [3.8, 4) is 0 Å². The van der Waals surface area contributed by atoms with Crippen molar-refractivity contribution in [2.45, 2.75) is 5.92 Å². The minimum Gasteiger partial charge on any atom is -0.390 e. The first-order valence-electron chi connectivity index (χ1n) is 4.61. The fourth-order valence-electron chi connectivity index (χ4n) is 1.19. The summed E-state index contributed by atoms with van der Waals surface area (Å²) in [6.07, 6.45) is 1.23. The average Bonchev–Trinajstić information content (AvgIpc) is 2.73. The molecule has 0 aromatic carbocycles. The molecule has 2 N–H and O–H groups in total. The zero-order valence-electron chi connectivity index (χ0n) is 8.44. The number of aliphatic hydroxyl groups excluding tert-OH is 1. The number of hydrogen-bond donors (Lipinski definition) is 2.